The number of amides is 1. The van der Waals surface area contributed by atoms with Gasteiger partial charge in [0.05, 0.1) is 12.7 Å². The van der Waals surface area contributed by atoms with Crippen LogP contribution in [0.3, 0.4) is 0 Å². The van der Waals surface area contributed by atoms with Crippen LogP contribution in [-0.2, 0) is 0 Å². The van der Waals surface area contributed by atoms with Crippen LogP contribution in [0.2, 0.25) is 0 Å². The predicted octanol–water partition coefficient (Wildman–Crippen LogP) is 3.61. The molecule has 0 aliphatic carbocycles. The maximum absolute atomic E-state index is 12.6. The van der Waals surface area contributed by atoms with Crippen molar-refractivity contribution in [2.24, 2.45) is 0 Å². The van der Waals surface area contributed by atoms with Gasteiger partial charge in [-0.2, -0.15) is 9.61 Å². The topological polar surface area (TPSA) is 93.4 Å². The molecule has 2 N–H and O–H groups in total. The summed E-state index contributed by atoms with van der Waals surface area (Å²) in [6, 6.07) is 12.8. The summed E-state index contributed by atoms with van der Waals surface area (Å²) < 4.78 is 6.95. The predicted molar refractivity (Wildman–Crippen MR) is 120 cm³/mol. The van der Waals surface area contributed by atoms with E-state index in [1.54, 1.807) is 28.8 Å². The Bertz CT molecular complexity index is 1260. The number of nitrogens with zero attached hydrogens (tertiary/aromatic N) is 4. The molecule has 4 aromatic rings. The van der Waals surface area contributed by atoms with Crippen LogP contribution < -0.4 is 15.4 Å². The van der Waals surface area contributed by atoms with Crippen LogP contribution in [0.15, 0.2) is 42.5 Å². The molecule has 0 bridgehead atoms. The summed E-state index contributed by atoms with van der Waals surface area (Å²) in [4.78, 5) is 13.3. The lowest BCUT2D eigenvalue weighted by molar-refractivity contribution is 0.0975. The van der Waals surface area contributed by atoms with E-state index >= 15 is 0 Å². The number of carbonyl (C=O) groups is 1. The van der Waals surface area contributed by atoms with Crippen molar-refractivity contribution in [2.45, 2.75) is 13.8 Å². The first-order valence-corrected chi connectivity index (χ1v) is 10.2. The number of nitrogens with one attached hydrogen (secondary N) is 2. The number of hydrogen-bond donors (Lipinski definition) is 2. The van der Waals surface area contributed by atoms with Gasteiger partial charge >= 0.3 is 0 Å². The van der Waals surface area contributed by atoms with Gasteiger partial charge in [-0.3, -0.25) is 10.1 Å². The second-order valence-electron chi connectivity index (χ2n) is 6.44. The van der Waals surface area contributed by atoms with Crippen molar-refractivity contribution in [1.82, 2.24) is 25.1 Å². The quantitative estimate of drug-likeness (QED) is 0.470. The molecule has 4 rings (SSSR count). The fourth-order valence-electron chi connectivity index (χ4n) is 2.98. The third-order valence-corrected chi connectivity index (χ3v) is 5.67. The van der Waals surface area contributed by atoms with Crippen molar-refractivity contribution in [2.75, 3.05) is 12.4 Å². The average molecular weight is 439 g/mol. The first-order chi connectivity index (χ1) is 14.5. The highest BCUT2D eigenvalue weighted by atomic mass is 32.1. The molecule has 8 nitrogen and oxygen atoms in total. The zero-order valence-corrected chi connectivity index (χ0v) is 18.1. The van der Waals surface area contributed by atoms with E-state index in [1.807, 2.05) is 32.0 Å². The highest BCUT2D eigenvalue weighted by Crippen LogP contribution is 2.31. The highest BCUT2D eigenvalue weighted by molar-refractivity contribution is 7.80. The first-order valence-electron chi connectivity index (χ1n) is 9.02. The molecule has 0 fully saturated rings. The molecule has 0 aliphatic rings. The number of ether oxygens (including phenoxy) is 1. The number of thiocarbonyl (C=S) groups is 1. The van der Waals surface area contributed by atoms with Crippen LogP contribution in [-0.4, -0.2) is 37.9 Å². The number of anilines is 1. The molecule has 2 heterocycles. The first kappa shape index (κ1) is 19.9. The van der Waals surface area contributed by atoms with Crippen LogP contribution >= 0.6 is 23.6 Å². The molecule has 30 heavy (non-hydrogen) atoms. The van der Waals surface area contributed by atoms with Gasteiger partial charge in [0.15, 0.2) is 10.9 Å². The molecule has 0 unspecified atom stereocenters. The summed E-state index contributed by atoms with van der Waals surface area (Å²) >= 11 is 6.81. The lowest BCUT2D eigenvalue weighted by Gasteiger charge is -2.14. The van der Waals surface area contributed by atoms with E-state index in [-0.39, 0.29) is 11.0 Å². The Morgan fingerprint density at radius 3 is 2.70 bits per heavy atom. The van der Waals surface area contributed by atoms with Crippen LogP contribution in [0.1, 0.15) is 21.7 Å². The summed E-state index contributed by atoms with van der Waals surface area (Å²) in [7, 11) is 1.52. The number of fused-ring (bicyclic) bond motifs is 1. The van der Waals surface area contributed by atoms with Crippen molar-refractivity contribution in [3.8, 4) is 16.3 Å². The molecule has 0 radical (unpaired) electrons. The van der Waals surface area contributed by atoms with Crippen LogP contribution in [0.25, 0.3) is 15.5 Å². The van der Waals surface area contributed by atoms with Gasteiger partial charge in [-0.05, 0) is 49.8 Å². The standard InChI is InChI=1S/C20H18N6O2S2/c1-11-13(18-25-26-12(2)23-24-20(26)30-18)8-6-9-15(11)21-19(29)22-17(27)14-7-4-5-10-16(14)28-3/h4-10H,1-3H3,(H2,21,22,27,29). The minimum atomic E-state index is -0.345. The smallest absolute Gasteiger partial charge is 0.261 e. The second kappa shape index (κ2) is 8.17. The van der Waals surface area contributed by atoms with Gasteiger partial charge in [0.1, 0.15) is 10.8 Å². The van der Waals surface area contributed by atoms with E-state index in [0.29, 0.717) is 11.3 Å². The van der Waals surface area contributed by atoms with Gasteiger partial charge in [0.25, 0.3) is 5.91 Å². The molecule has 2 aromatic carbocycles. The van der Waals surface area contributed by atoms with Gasteiger partial charge in [-0.25, -0.2) is 0 Å². The summed E-state index contributed by atoms with van der Waals surface area (Å²) in [5, 5.41) is 19.5. The number of benzene rings is 2. The maximum Gasteiger partial charge on any atom is 0.261 e. The summed E-state index contributed by atoms with van der Waals surface area (Å²) in [5.74, 6) is 0.872. The zero-order chi connectivity index (χ0) is 21.3. The van der Waals surface area contributed by atoms with Gasteiger partial charge in [0.2, 0.25) is 4.96 Å². The number of aryl methyl sites for hydroxylation is 1. The monoisotopic (exact) mass is 438 g/mol. The Labute approximate surface area is 181 Å². The Balaban J connectivity index is 1.54. The van der Waals surface area contributed by atoms with Gasteiger partial charge in [-0.1, -0.05) is 35.6 Å². The van der Waals surface area contributed by atoms with E-state index in [4.69, 9.17) is 17.0 Å². The number of rotatable bonds is 4. The minimum Gasteiger partial charge on any atom is -0.496 e. The Kier molecular flexibility index (Phi) is 5.42. The molecular formula is C20H18N6O2S2. The average Bonchev–Trinajstić information content (AvgIpc) is 3.31. The molecule has 0 saturated carbocycles. The molecule has 0 spiro atoms. The Hall–Kier alpha value is -3.37. The molecule has 10 heteroatoms. The van der Waals surface area contributed by atoms with Crippen LogP contribution in [0, 0.1) is 13.8 Å². The second-order valence-corrected chi connectivity index (χ2v) is 7.80. The zero-order valence-electron chi connectivity index (χ0n) is 16.5. The van der Waals surface area contributed by atoms with E-state index in [1.165, 1.54) is 18.4 Å². The molecule has 0 atom stereocenters. The van der Waals surface area contributed by atoms with Crippen LogP contribution in [0.4, 0.5) is 5.69 Å². The number of carbonyl (C=O) groups excluding carboxylic acids is 1. The maximum atomic E-state index is 12.6. The molecule has 0 aliphatic heterocycles. The van der Waals surface area contributed by atoms with E-state index < -0.39 is 0 Å². The number of aromatic nitrogens is 4. The lowest BCUT2D eigenvalue weighted by Crippen LogP contribution is -2.34. The Morgan fingerprint density at radius 2 is 1.93 bits per heavy atom. The van der Waals surface area contributed by atoms with Gasteiger partial charge in [-0.15, -0.1) is 10.2 Å². The van der Waals surface area contributed by atoms with E-state index in [2.05, 4.69) is 25.9 Å². The van der Waals surface area contributed by atoms with Crippen molar-refractivity contribution >= 4 is 45.2 Å². The summed E-state index contributed by atoms with van der Waals surface area (Å²) in [6.07, 6.45) is 0. The molecule has 152 valence electrons. The third kappa shape index (κ3) is 3.74. The van der Waals surface area contributed by atoms with E-state index in [9.17, 15) is 4.79 Å². The molecular weight excluding hydrogens is 420 g/mol. The number of para-hydroxylation sites is 1. The largest absolute Gasteiger partial charge is 0.496 e. The fraction of sp³-hybridized carbons (Fsp3) is 0.150. The SMILES string of the molecule is COc1ccccc1C(=O)NC(=S)Nc1cccc(-c2nn3c(C)nnc3s2)c1C. The summed E-state index contributed by atoms with van der Waals surface area (Å²) in [6.45, 7) is 3.83. The van der Waals surface area contributed by atoms with Crippen molar-refractivity contribution in [1.29, 1.82) is 0 Å². The van der Waals surface area contributed by atoms with Crippen molar-refractivity contribution in [3.63, 3.8) is 0 Å². The third-order valence-electron chi connectivity index (χ3n) is 4.54. The van der Waals surface area contributed by atoms with Crippen molar-refractivity contribution in [3.05, 3.63) is 59.4 Å². The molecule has 0 saturated heterocycles. The van der Waals surface area contributed by atoms with Crippen molar-refractivity contribution < 1.29 is 9.53 Å². The van der Waals surface area contributed by atoms with Crippen LogP contribution in [0.5, 0.6) is 5.75 Å². The number of methoxy groups -OCH3 is 1. The van der Waals surface area contributed by atoms with E-state index in [0.717, 1.165) is 32.6 Å². The van der Waals surface area contributed by atoms with Gasteiger partial charge < -0.3 is 10.1 Å². The lowest BCUT2D eigenvalue weighted by atomic mass is 10.1. The summed E-state index contributed by atoms with van der Waals surface area (Å²) in [5.41, 5.74) is 3.09. The normalized spacial score (nSPS) is 10.8. The minimum absolute atomic E-state index is 0.195. The molecule has 2 aromatic heterocycles. The highest BCUT2D eigenvalue weighted by Gasteiger charge is 2.16. The number of hydrogen-bond acceptors (Lipinski definition) is 7. The van der Waals surface area contributed by atoms with Gasteiger partial charge in [0, 0.05) is 11.3 Å². The fourth-order valence-corrected chi connectivity index (χ4v) is 4.15. The molecule has 1 amide bonds. The Morgan fingerprint density at radius 1 is 1.13 bits per heavy atom.